The third-order valence-electron chi connectivity index (χ3n) is 2.09. The van der Waals surface area contributed by atoms with Crippen LogP contribution < -0.4 is 5.32 Å². The van der Waals surface area contributed by atoms with E-state index in [1.807, 2.05) is 12.4 Å². The molecule has 0 spiro atoms. The number of halogens is 2. The van der Waals surface area contributed by atoms with Crippen LogP contribution in [0.1, 0.15) is 5.69 Å². The van der Waals surface area contributed by atoms with Crippen LogP contribution in [-0.2, 0) is 6.54 Å². The fraction of sp³-hybridized carbons (Fsp3) is 0.182. The van der Waals surface area contributed by atoms with Crippen molar-refractivity contribution >= 4 is 22.9 Å². The highest BCUT2D eigenvalue weighted by atomic mass is 35.5. The molecule has 0 bridgehead atoms. The topological polar surface area (TPSA) is 24.9 Å². The molecule has 1 heterocycles. The van der Waals surface area contributed by atoms with Gasteiger partial charge in [0, 0.05) is 17.5 Å². The van der Waals surface area contributed by atoms with Gasteiger partial charge < -0.3 is 5.32 Å². The number of nitrogens with one attached hydrogen (secondary N) is 1. The summed E-state index contributed by atoms with van der Waals surface area (Å²) < 4.78 is 13.7. The van der Waals surface area contributed by atoms with Crippen LogP contribution in [0.4, 0.5) is 4.39 Å². The second kappa shape index (κ2) is 4.91. The van der Waals surface area contributed by atoms with E-state index in [0.29, 0.717) is 17.1 Å². The van der Waals surface area contributed by atoms with Gasteiger partial charge in [-0.15, -0.1) is 11.3 Å². The molecule has 1 aromatic carbocycles. The Kier molecular flexibility index (Phi) is 3.53. The smallest absolute Gasteiger partial charge is 0.152 e. The van der Waals surface area contributed by atoms with E-state index in [-0.39, 0.29) is 5.02 Å². The van der Waals surface area contributed by atoms with Crippen molar-refractivity contribution in [3.05, 3.63) is 40.1 Å². The van der Waals surface area contributed by atoms with Crippen molar-refractivity contribution in [3.8, 4) is 10.6 Å². The number of benzene rings is 1. The molecule has 0 unspecified atom stereocenters. The van der Waals surface area contributed by atoms with Gasteiger partial charge in [0.2, 0.25) is 0 Å². The predicted molar refractivity (Wildman–Crippen MR) is 65.3 cm³/mol. The lowest BCUT2D eigenvalue weighted by Gasteiger charge is -2.00. The summed E-state index contributed by atoms with van der Waals surface area (Å²) in [6.07, 6.45) is 0. The number of hydrogen-bond donors (Lipinski definition) is 1. The van der Waals surface area contributed by atoms with Crippen LogP contribution in [0.5, 0.6) is 0 Å². The first-order chi connectivity index (χ1) is 7.72. The normalized spacial score (nSPS) is 10.7. The van der Waals surface area contributed by atoms with Gasteiger partial charge in [0.1, 0.15) is 5.01 Å². The molecule has 2 aromatic rings. The maximum atomic E-state index is 13.7. The monoisotopic (exact) mass is 256 g/mol. The molecule has 0 aliphatic rings. The average molecular weight is 257 g/mol. The van der Waals surface area contributed by atoms with Crippen molar-refractivity contribution in [2.75, 3.05) is 7.05 Å². The largest absolute Gasteiger partial charge is 0.314 e. The molecule has 0 saturated carbocycles. The first-order valence-electron chi connectivity index (χ1n) is 4.75. The third kappa shape index (κ3) is 2.24. The molecule has 0 aliphatic carbocycles. The first kappa shape index (κ1) is 11.5. The summed E-state index contributed by atoms with van der Waals surface area (Å²) >= 11 is 7.14. The Hall–Kier alpha value is -0.970. The third-order valence-corrected chi connectivity index (χ3v) is 3.31. The molecule has 1 N–H and O–H groups in total. The van der Waals surface area contributed by atoms with Crippen molar-refractivity contribution in [1.29, 1.82) is 0 Å². The van der Waals surface area contributed by atoms with Gasteiger partial charge in [-0.2, -0.15) is 0 Å². The summed E-state index contributed by atoms with van der Waals surface area (Å²) in [4.78, 5) is 4.33. The van der Waals surface area contributed by atoms with Crippen LogP contribution in [0.25, 0.3) is 10.6 Å². The number of rotatable bonds is 3. The predicted octanol–water partition coefficient (Wildman–Crippen LogP) is 3.32. The standard InChI is InChI=1S/C11H10ClFN2S/c1-14-5-7-6-16-11(15-7)8-3-2-4-9(12)10(8)13/h2-4,6,14H,5H2,1H3. The molecule has 0 fully saturated rings. The van der Waals surface area contributed by atoms with E-state index in [4.69, 9.17) is 11.6 Å². The number of thiazole rings is 1. The van der Waals surface area contributed by atoms with Gasteiger partial charge in [0.05, 0.1) is 10.7 Å². The average Bonchev–Trinajstić information content (AvgIpc) is 2.71. The Morgan fingerprint density at radius 3 is 3.06 bits per heavy atom. The Bertz CT molecular complexity index is 498. The van der Waals surface area contributed by atoms with E-state index in [1.54, 1.807) is 12.1 Å². The van der Waals surface area contributed by atoms with E-state index in [1.165, 1.54) is 17.4 Å². The minimum Gasteiger partial charge on any atom is -0.314 e. The van der Waals surface area contributed by atoms with Gasteiger partial charge in [0.25, 0.3) is 0 Å². The molecule has 5 heteroatoms. The van der Waals surface area contributed by atoms with Crippen LogP contribution >= 0.6 is 22.9 Å². The fourth-order valence-corrected chi connectivity index (χ4v) is 2.37. The van der Waals surface area contributed by atoms with Crippen molar-refractivity contribution in [1.82, 2.24) is 10.3 Å². The zero-order chi connectivity index (χ0) is 11.5. The molecule has 2 nitrogen and oxygen atoms in total. The zero-order valence-electron chi connectivity index (χ0n) is 8.63. The van der Waals surface area contributed by atoms with Crippen LogP contribution in [0.2, 0.25) is 5.02 Å². The van der Waals surface area contributed by atoms with Gasteiger partial charge in [-0.05, 0) is 19.2 Å². The van der Waals surface area contributed by atoms with Gasteiger partial charge in [-0.25, -0.2) is 9.37 Å². The van der Waals surface area contributed by atoms with Crippen LogP contribution in [0, 0.1) is 5.82 Å². The minimum absolute atomic E-state index is 0.128. The van der Waals surface area contributed by atoms with E-state index in [9.17, 15) is 4.39 Å². The van der Waals surface area contributed by atoms with E-state index >= 15 is 0 Å². The van der Waals surface area contributed by atoms with Crippen LogP contribution in [-0.4, -0.2) is 12.0 Å². The zero-order valence-corrected chi connectivity index (χ0v) is 10.2. The number of hydrogen-bond acceptors (Lipinski definition) is 3. The minimum atomic E-state index is -0.408. The van der Waals surface area contributed by atoms with Gasteiger partial charge in [-0.1, -0.05) is 17.7 Å². The second-order valence-electron chi connectivity index (χ2n) is 3.28. The van der Waals surface area contributed by atoms with Gasteiger partial charge >= 0.3 is 0 Å². The first-order valence-corrected chi connectivity index (χ1v) is 6.01. The van der Waals surface area contributed by atoms with Crippen molar-refractivity contribution in [2.45, 2.75) is 6.54 Å². The molecular formula is C11H10ClFN2S. The highest BCUT2D eigenvalue weighted by Crippen LogP contribution is 2.29. The molecule has 0 amide bonds. The summed E-state index contributed by atoms with van der Waals surface area (Å²) in [5.74, 6) is -0.408. The molecule has 2 rings (SSSR count). The summed E-state index contributed by atoms with van der Waals surface area (Å²) in [7, 11) is 1.85. The lowest BCUT2D eigenvalue weighted by molar-refractivity contribution is 0.631. The SMILES string of the molecule is CNCc1csc(-c2cccc(Cl)c2F)n1. The number of nitrogens with zero attached hydrogens (tertiary/aromatic N) is 1. The molecule has 0 radical (unpaired) electrons. The molecule has 0 aliphatic heterocycles. The van der Waals surface area contributed by atoms with E-state index < -0.39 is 5.82 Å². The Morgan fingerprint density at radius 1 is 1.50 bits per heavy atom. The van der Waals surface area contributed by atoms with Crippen LogP contribution in [0.15, 0.2) is 23.6 Å². The molecule has 1 aromatic heterocycles. The maximum absolute atomic E-state index is 13.7. The summed E-state index contributed by atoms with van der Waals surface area (Å²) in [6, 6.07) is 4.94. The molecule has 0 atom stereocenters. The van der Waals surface area contributed by atoms with E-state index in [0.717, 1.165) is 5.69 Å². The van der Waals surface area contributed by atoms with Crippen LogP contribution in [0.3, 0.4) is 0 Å². The van der Waals surface area contributed by atoms with Gasteiger partial charge in [-0.3, -0.25) is 0 Å². The number of aromatic nitrogens is 1. The quantitative estimate of drug-likeness (QED) is 0.911. The second-order valence-corrected chi connectivity index (χ2v) is 4.54. The summed E-state index contributed by atoms with van der Waals surface area (Å²) in [5, 5.41) is 5.69. The lowest BCUT2D eigenvalue weighted by Crippen LogP contribution is -2.04. The van der Waals surface area contributed by atoms with E-state index in [2.05, 4.69) is 10.3 Å². The Morgan fingerprint density at radius 2 is 2.31 bits per heavy atom. The summed E-state index contributed by atoms with van der Waals surface area (Å²) in [6.45, 7) is 0.679. The van der Waals surface area contributed by atoms with Crippen molar-refractivity contribution < 1.29 is 4.39 Å². The summed E-state index contributed by atoms with van der Waals surface area (Å²) in [5.41, 5.74) is 1.36. The molecule has 0 saturated heterocycles. The molecular weight excluding hydrogens is 247 g/mol. The van der Waals surface area contributed by atoms with Gasteiger partial charge in [0.15, 0.2) is 5.82 Å². The molecule has 16 heavy (non-hydrogen) atoms. The Labute approximate surface area is 102 Å². The highest BCUT2D eigenvalue weighted by Gasteiger charge is 2.11. The molecule has 84 valence electrons. The highest BCUT2D eigenvalue weighted by molar-refractivity contribution is 7.13. The Balaban J connectivity index is 2.39. The fourth-order valence-electron chi connectivity index (χ4n) is 1.36. The lowest BCUT2D eigenvalue weighted by atomic mass is 10.2. The maximum Gasteiger partial charge on any atom is 0.152 e. The van der Waals surface area contributed by atoms with Crippen molar-refractivity contribution in [3.63, 3.8) is 0 Å². The van der Waals surface area contributed by atoms with Crippen molar-refractivity contribution in [2.24, 2.45) is 0 Å².